The van der Waals surface area contributed by atoms with Crippen LogP contribution in [0.15, 0.2) is 54.6 Å². The van der Waals surface area contributed by atoms with Crippen LogP contribution in [-0.2, 0) is 16.0 Å². The predicted octanol–water partition coefficient (Wildman–Crippen LogP) is 2.32. The summed E-state index contributed by atoms with van der Waals surface area (Å²) in [5.41, 5.74) is 1.71. The van der Waals surface area contributed by atoms with Crippen LogP contribution in [0, 0.1) is 5.82 Å². The van der Waals surface area contributed by atoms with E-state index in [1.807, 2.05) is 41.3 Å². The maximum absolute atomic E-state index is 14.0. The predicted molar refractivity (Wildman–Crippen MR) is 105 cm³/mol. The van der Waals surface area contributed by atoms with E-state index < -0.39 is 0 Å². The lowest BCUT2D eigenvalue weighted by Gasteiger charge is -2.38. The Morgan fingerprint density at radius 3 is 2.29 bits per heavy atom. The second-order valence-electron chi connectivity index (χ2n) is 7.31. The molecule has 2 saturated heterocycles. The molecule has 0 radical (unpaired) electrons. The molecule has 0 saturated carbocycles. The van der Waals surface area contributed by atoms with Gasteiger partial charge in [0.05, 0.1) is 18.2 Å². The van der Waals surface area contributed by atoms with Crippen LogP contribution in [0.1, 0.15) is 12.0 Å². The number of para-hydroxylation sites is 1. The molecule has 0 bridgehead atoms. The van der Waals surface area contributed by atoms with Gasteiger partial charge in [-0.3, -0.25) is 19.4 Å². The van der Waals surface area contributed by atoms with E-state index in [0.29, 0.717) is 44.8 Å². The zero-order valence-electron chi connectivity index (χ0n) is 15.8. The van der Waals surface area contributed by atoms with Crippen molar-refractivity contribution in [3.05, 3.63) is 66.0 Å². The second-order valence-corrected chi connectivity index (χ2v) is 7.31. The van der Waals surface area contributed by atoms with Gasteiger partial charge in [0.2, 0.25) is 11.8 Å². The van der Waals surface area contributed by atoms with E-state index in [2.05, 4.69) is 4.90 Å². The summed E-state index contributed by atoms with van der Waals surface area (Å²) < 4.78 is 14.0. The van der Waals surface area contributed by atoms with E-state index in [9.17, 15) is 14.0 Å². The van der Waals surface area contributed by atoms with Gasteiger partial charge < -0.3 is 4.90 Å². The minimum atomic E-state index is -0.383. The van der Waals surface area contributed by atoms with Gasteiger partial charge in [0.15, 0.2) is 0 Å². The number of likely N-dealkylation sites (tertiary alicyclic amines) is 1. The Labute approximate surface area is 164 Å². The van der Waals surface area contributed by atoms with E-state index >= 15 is 0 Å². The van der Waals surface area contributed by atoms with Crippen LogP contribution in [0.25, 0.3) is 0 Å². The Hall–Kier alpha value is -2.73. The number of hydrogen-bond donors (Lipinski definition) is 0. The van der Waals surface area contributed by atoms with Gasteiger partial charge in [-0.05, 0) is 24.1 Å². The number of carbonyl (C=O) groups excluding carboxylic acids is 2. The minimum Gasteiger partial charge on any atom is -0.367 e. The van der Waals surface area contributed by atoms with Crippen molar-refractivity contribution < 1.29 is 14.0 Å². The molecule has 0 aliphatic carbocycles. The number of rotatable bonds is 5. The van der Waals surface area contributed by atoms with Gasteiger partial charge in [0, 0.05) is 32.7 Å². The SMILES string of the molecule is O=C1CC(N2CCN(c3ccccc3F)CC2)C(=O)N1CCc1ccccc1. The molecule has 2 fully saturated rings. The number of anilines is 1. The topological polar surface area (TPSA) is 43.9 Å². The maximum atomic E-state index is 14.0. The van der Waals surface area contributed by atoms with Gasteiger partial charge in [-0.25, -0.2) is 4.39 Å². The fraction of sp³-hybridized carbons (Fsp3) is 0.364. The van der Waals surface area contributed by atoms with Gasteiger partial charge in [0.25, 0.3) is 0 Å². The van der Waals surface area contributed by atoms with E-state index in [-0.39, 0.29) is 30.1 Å². The molecule has 146 valence electrons. The molecule has 0 N–H and O–H groups in total. The monoisotopic (exact) mass is 381 g/mol. The molecule has 2 aromatic carbocycles. The summed E-state index contributed by atoms with van der Waals surface area (Å²) in [7, 11) is 0. The molecule has 2 aliphatic heterocycles. The van der Waals surface area contributed by atoms with Crippen LogP contribution < -0.4 is 4.90 Å². The highest BCUT2D eigenvalue weighted by Gasteiger charge is 2.42. The van der Waals surface area contributed by atoms with Crippen LogP contribution in [0.5, 0.6) is 0 Å². The molecule has 0 aromatic heterocycles. The highest BCUT2D eigenvalue weighted by Crippen LogP contribution is 2.24. The normalized spacial score (nSPS) is 20.8. The molecule has 2 amide bonds. The van der Waals surface area contributed by atoms with E-state index in [1.54, 1.807) is 12.1 Å². The summed E-state index contributed by atoms with van der Waals surface area (Å²) in [4.78, 5) is 30.7. The molecular formula is C22H24FN3O2. The molecule has 28 heavy (non-hydrogen) atoms. The summed E-state index contributed by atoms with van der Waals surface area (Å²) in [6.45, 7) is 2.99. The number of amides is 2. The van der Waals surface area contributed by atoms with Gasteiger partial charge in [-0.15, -0.1) is 0 Å². The fourth-order valence-corrected chi connectivity index (χ4v) is 4.05. The molecule has 5 nitrogen and oxygen atoms in total. The van der Waals surface area contributed by atoms with Gasteiger partial charge in [-0.1, -0.05) is 42.5 Å². The highest BCUT2D eigenvalue weighted by atomic mass is 19.1. The number of nitrogens with zero attached hydrogens (tertiary/aromatic N) is 3. The number of benzene rings is 2. The molecule has 1 unspecified atom stereocenters. The third-order valence-electron chi connectivity index (χ3n) is 5.64. The minimum absolute atomic E-state index is 0.0949. The average molecular weight is 381 g/mol. The quantitative estimate of drug-likeness (QED) is 0.746. The van der Waals surface area contributed by atoms with Crippen LogP contribution in [0.2, 0.25) is 0 Å². The molecule has 1 atom stereocenters. The number of halogens is 1. The van der Waals surface area contributed by atoms with E-state index in [0.717, 1.165) is 5.56 Å². The van der Waals surface area contributed by atoms with Crippen LogP contribution >= 0.6 is 0 Å². The largest absolute Gasteiger partial charge is 0.367 e. The molecule has 2 aromatic rings. The highest BCUT2D eigenvalue weighted by molar-refractivity contribution is 6.05. The zero-order chi connectivity index (χ0) is 19.5. The van der Waals surface area contributed by atoms with Crippen LogP contribution in [-0.4, -0.2) is 60.4 Å². The first kappa shape index (κ1) is 18.6. The Kier molecular flexibility index (Phi) is 5.39. The van der Waals surface area contributed by atoms with Crippen molar-refractivity contribution in [1.29, 1.82) is 0 Å². The van der Waals surface area contributed by atoms with Crippen molar-refractivity contribution in [2.24, 2.45) is 0 Å². The third kappa shape index (κ3) is 3.78. The summed E-state index contributed by atoms with van der Waals surface area (Å²) in [5.74, 6) is -0.419. The van der Waals surface area contributed by atoms with Crippen LogP contribution in [0.4, 0.5) is 10.1 Å². The Bertz CT molecular complexity index is 850. The summed E-state index contributed by atoms with van der Waals surface area (Å²) in [6.07, 6.45) is 0.916. The Morgan fingerprint density at radius 2 is 1.57 bits per heavy atom. The Morgan fingerprint density at radius 1 is 0.893 bits per heavy atom. The second kappa shape index (κ2) is 8.10. The van der Waals surface area contributed by atoms with Crippen molar-refractivity contribution >= 4 is 17.5 Å². The first-order valence-electron chi connectivity index (χ1n) is 9.75. The van der Waals surface area contributed by atoms with E-state index in [4.69, 9.17) is 0 Å². The smallest absolute Gasteiger partial charge is 0.247 e. The Balaban J connectivity index is 1.35. The molecule has 2 aliphatic rings. The first-order valence-corrected chi connectivity index (χ1v) is 9.75. The lowest BCUT2D eigenvalue weighted by Crippen LogP contribution is -2.52. The number of piperazine rings is 1. The molecule has 6 heteroatoms. The number of hydrogen-bond acceptors (Lipinski definition) is 4. The first-order chi connectivity index (χ1) is 13.6. The molecule has 2 heterocycles. The van der Waals surface area contributed by atoms with Crippen molar-refractivity contribution in [2.45, 2.75) is 18.9 Å². The van der Waals surface area contributed by atoms with Gasteiger partial charge >= 0.3 is 0 Å². The lowest BCUT2D eigenvalue weighted by atomic mass is 10.1. The van der Waals surface area contributed by atoms with Crippen molar-refractivity contribution in [3.8, 4) is 0 Å². The van der Waals surface area contributed by atoms with Gasteiger partial charge in [-0.2, -0.15) is 0 Å². The zero-order valence-corrected chi connectivity index (χ0v) is 15.8. The fourth-order valence-electron chi connectivity index (χ4n) is 4.05. The number of imide groups is 1. The van der Waals surface area contributed by atoms with Crippen molar-refractivity contribution in [2.75, 3.05) is 37.6 Å². The molecule has 4 rings (SSSR count). The van der Waals surface area contributed by atoms with Gasteiger partial charge in [0.1, 0.15) is 5.82 Å². The molecule has 0 spiro atoms. The average Bonchev–Trinajstić information content (AvgIpc) is 3.01. The van der Waals surface area contributed by atoms with Crippen molar-refractivity contribution in [3.63, 3.8) is 0 Å². The standard InChI is InChI=1S/C22H24FN3O2/c23-18-8-4-5-9-19(18)24-12-14-25(15-13-24)20-16-21(27)26(22(20)28)11-10-17-6-2-1-3-7-17/h1-9,20H,10-16H2. The summed E-state index contributed by atoms with van der Waals surface area (Å²) in [6, 6.07) is 16.2. The van der Waals surface area contributed by atoms with Crippen molar-refractivity contribution in [1.82, 2.24) is 9.80 Å². The lowest BCUT2D eigenvalue weighted by molar-refractivity contribution is -0.139. The summed E-state index contributed by atoms with van der Waals surface area (Å²) >= 11 is 0. The van der Waals surface area contributed by atoms with E-state index in [1.165, 1.54) is 11.0 Å². The maximum Gasteiger partial charge on any atom is 0.247 e. The molecular weight excluding hydrogens is 357 g/mol. The summed E-state index contributed by atoms with van der Waals surface area (Å²) in [5, 5.41) is 0. The number of carbonyl (C=O) groups is 2. The third-order valence-corrected chi connectivity index (χ3v) is 5.64. The van der Waals surface area contributed by atoms with Crippen LogP contribution in [0.3, 0.4) is 0 Å².